The first-order chi connectivity index (χ1) is 13.5. The second-order valence-electron chi connectivity index (χ2n) is 7.97. The van der Waals surface area contributed by atoms with Crippen LogP contribution in [0.2, 0.25) is 0 Å². The number of nitrogens with zero attached hydrogens (tertiary/aromatic N) is 3. The molecule has 0 radical (unpaired) electrons. The highest BCUT2D eigenvalue weighted by Crippen LogP contribution is 2.35. The van der Waals surface area contributed by atoms with Gasteiger partial charge in [0.1, 0.15) is 13.2 Å². The van der Waals surface area contributed by atoms with E-state index in [1.807, 2.05) is 13.0 Å². The highest BCUT2D eigenvalue weighted by molar-refractivity contribution is 5.36. The highest BCUT2D eigenvalue weighted by Gasteiger charge is 2.33. The predicted molar refractivity (Wildman–Crippen MR) is 127 cm³/mol. The molecule has 2 aromatic rings. The van der Waals surface area contributed by atoms with Crippen molar-refractivity contribution in [1.82, 2.24) is 14.9 Å². The Labute approximate surface area is 189 Å². The van der Waals surface area contributed by atoms with E-state index in [1.54, 1.807) is 7.11 Å². The van der Waals surface area contributed by atoms with Gasteiger partial charge in [0.15, 0.2) is 5.75 Å². The molecule has 0 saturated carbocycles. The summed E-state index contributed by atoms with van der Waals surface area (Å²) in [7, 11) is 1.67. The lowest BCUT2D eigenvalue weighted by molar-refractivity contribution is 0.162. The van der Waals surface area contributed by atoms with Gasteiger partial charge < -0.3 is 14.2 Å². The summed E-state index contributed by atoms with van der Waals surface area (Å²) in [5.74, 6) is 3.30. The molecule has 4 rings (SSSR count). The molecule has 0 unspecified atom stereocenters. The van der Waals surface area contributed by atoms with E-state index in [9.17, 15) is 0 Å². The maximum absolute atomic E-state index is 5.66. The highest BCUT2D eigenvalue weighted by atomic mass is 16.6. The standard InChI is InChI=1S/C22H29N3O3.3CH4/c1-14-12-25(13-18(14)10-17-9-15(2)23-21(11-17)26-4)16(3)19-5-6-20-22(24-19)28-8-7-27-20;;;/h5-6,9,11,14,16,18H,7-8,10,12-13H2,1-4H3;3*1H4/t14-,16+,18-;;;/m1.../s1. The minimum Gasteiger partial charge on any atom is -0.484 e. The molecule has 0 spiro atoms. The van der Waals surface area contributed by atoms with Gasteiger partial charge in [-0.2, -0.15) is 0 Å². The zero-order valence-electron chi connectivity index (χ0n) is 17.1. The van der Waals surface area contributed by atoms with Crippen molar-refractivity contribution in [3.63, 3.8) is 0 Å². The second kappa shape index (κ2) is 11.3. The van der Waals surface area contributed by atoms with Gasteiger partial charge in [-0.15, -0.1) is 0 Å². The van der Waals surface area contributed by atoms with Crippen molar-refractivity contribution in [1.29, 1.82) is 0 Å². The first-order valence-electron chi connectivity index (χ1n) is 10.1. The molecule has 4 heterocycles. The zero-order chi connectivity index (χ0) is 19.7. The van der Waals surface area contributed by atoms with Crippen LogP contribution < -0.4 is 14.2 Å². The third-order valence-corrected chi connectivity index (χ3v) is 5.90. The average Bonchev–Trinajstić information content (AvgIpc) is 3.06. The van der Waals surface area contributed by atoms with Crippen LogP contribution in [0, 0.1) is 18.8 Å². The summed E-state index contributed by atoms with van der Waals surface area (Å²) in [5, 5.41) is 0. The van der Waals surface area contributed by atoms with E-state index in [-0.39, 0.29) is 28.3 Å². The molecule has 174 valence electrons. The van der Waals surface area contributed by atoms with Crippen LogP contribution in [0.4, 0.5) is 0 Å². The van der Waals surface area contributed by atoms with Crippen molar-refractivity contribution >= 4 is 0 Å². The summed E-state index contributed by atoms with van der Waals surface area (Å²) in [6, 6.07) is 8.53. The Bertz CT molecular complexity index is 843. The van der Waals surface area contributed by atoms with Gasteiger partial charge in [-0.3, -0.25) is 4.90 Å². The molecule has 3 atom stereocenters. The summed E-state index contributed by atoms with van der Waals surface area (Å²) in [4.78, 5) is 11.6. The molecular weight excluding hydrogens is 390 g/mol. The van der Waals surface area contributed by atoms with E-state index in [0.717, 1.165) is 36.6 Å². The minimum atomic E-state index is 0. The first kappa shape index (κ1) is 26.7. The Morgan fingerprint density at radius 1 is 1.10 bits per heavy atom. The van der Waals surface area contributed by atoms with Gasteiger partial charge in [0, 0.05) is 30.9 Å². The van der Waals surface area contributed by atoms with E-state index in [2.05, 4.69) is 41.9 Å². The number of hydrogen-bond donors (Lipinski definition) is 0. The Kier molecular flexibility index (Phi) is 9.75. The molecule has 2 aliphatic rings. The molecule has 0 aromatic carbocycles. The fourth-order valence-electron chi connectivity index (χ4n) is 4.25. The van der Waals surface area contributed by atoms with E-state index in [1.165, 1.54) is 5.56 Å². The number of fused-ring (bicyclic) bond motifs is 1. The van der Waals surface area contributed by atoms with E-state index < -0.39 is 0 Å². The lowest BCUT2D eigenvalue weighted by Gasteiger charge is -2.25. The van der Waals surface area contributed by atoms with Gasteiger partial charge >= 0.3 is 0 Å². The smallest absolute Gasteiger partial charge is 0.257 e. The second-order valence-corrected chi connectivity index (χ2v) is 7.97. The third-order valence-electron chi connectivity index (χ3n) is 5.90. The molecular formula is C25H41N3O3. The molecule has 2 aliphatic heterocycles. The fraction of sp³-hybridized carbons (Fsp3) is 0.600. The van der Waals surface area contributed by atoms with Gasteiger partial charge in [0.05, 0.1) is 12.8 Å². The normalized spacial score (nSPS) is 20.6. The van der Waals surface area contributed by atoms with Gasteiger partial charge in [-0.25, -0.2) is 9.97 Å². The van der Waals surface area contributed by atoms with Gasteiger partial charge in [-0.1, -0.05) is 29.2 Å². The molecule has 0 aliphatic carbocycles. The van der Waals surface area contributed by atoms with Gasteiger partial charge in [0.25, 0.3) is 5.88 Å². The molecule has 6 heteroatoms. The SMILES string of the molecule is C.C.C.COc1cc(C[C@@H]2CN([C@@H](C)c3ccc4c(n3)OCCO4)C[C@H]2C)cc(C)n1. The number of aromatic nitrogens is 2. The molecule has 31 heavy (non-hydrogen) atoms. The number of rotatable bonds is 5. The van der Waals surface area contributed by atoms with Crippen LogP contribution in [-0.4, -0.2) is 48.3 Å². The number of methoxy groups -OCH3 is 1. The van der Waals surface area contributed by atoms with Crippen molar-refractivity contribution < 1.29 is 14.2 Å². The van der Waals surface area contributed by atoms with Crippen LogP contribution in [0.5, 0.6) is 17.5 Å². The van der Waals surface area contributed by atoms with Crippen molar-refractivity contribution in [3.8, 4) is 17.5 Å². The molecule has 1 saturated heterocycles. The molecule has 0 bridgehead atoms. The Hall–Kier alpha value is -2.34. The van der Waals surface area contributed by atoms with Crippen LogP contribution in [0.25, 0.3) is 0 Å². The van der Waals surface area contributed by atoms with E-state index >= 15 is 0 Å². The number of likely N-dealkylation sites (tertiary alicyclic amines) is 1. The number of aryl methyl sites for hydroxylation is 1. The summed E-state index contributed by atoms with van der Waals surface area (Å²) in [6.45, 7) is 9.88. The molecule has 0 N–H and O–H groups in total. The Morgan fingerprint density at radius 3 is 2.58 bits per heavy atom. The van der Waals surface area contributed by atoms with Crippen LogP contribution >= 0.6 is 0 Å². The topological polar surface area (TPSA) is 56.7 Å². The zero-order valence-corrected chi connectivity index (χ0v) is 17.1. The van der Waals surface area contributed by atoms with Crippen LogP contribution in [0.3, 0.4) is 0 Å². The average molecular weight is 432 g/mol. The number of ether oxygens (including phenoxy) is 3. The lowest BCUT2D eigenvalue weighted by Crippen LogP contribution is -2.26. The molecule has 1 fully saturated rings. The largest absolute Gasteiger partial charge is 0.484 e. The van der Waals surface area contributed by atoms with Crippen molar-refractivity contribution in [2.45, 2.75) is 55.5 Å². The maximum Gasteiger partial charge on any atom is 0.257 e. The summed E-state index contributed by atoms with van der Waals surface area (Å²) in [5.41, 5.74) is 3.34. The summed E-state index contributed by atoms with van der Waals surface area (Å²) < 4.78 is 16.6. The van der Waals surface area contributed by atoms with Gasteiger partial charge in [0.2, 0.25) is 5.88 Å². The maximum atomic E-state index is 5.66. The third kappa shape index (κ3) is 5.88. The van der Waals surface area contributed by atoms with Crippen LogP contribution in [0.1, 0.15) is 59.1 Å². The first-order valence-corrected chi connectivity index (χ1v) is 10.1. The summed E-state index contributed by atoms with van der Waals surface area (Å²) in [6.07, 6.45) is 1.04. The van der Waals surface area contributed by atoms with E-state index in [4.69, 9.17) is 19.2 Å². The minimum absolute atomic E-state index is 0. The lowest BCUT2D eigenvalue weighted by atomic mass is 9.91. The molecule has 2 aromatic heterocycles. The Morgan fingerprint density at radius 2 is 1.84 bits per heavy atom. The van der Waals surface area contributed by atoms with Crippen molar-refractivity contribution in [2.24, 2.45) is 11.8 Å². The number of hydrogen-bond acceptors (Lipinski definition) is 6. The van der Waals surface area contributed by atoms with Gasteiger partial charge in [-0.05, 0) is 55.9 Å². The Balaban J connectivity index is 0.00000160. The van der Waals surface area contributed by atoms with Crippen LogP contribution in [-0.2, 0) is 6.42 Å². The molecule has 6 nitrogen and oxygen atoms in total. The van der Waals surface area contributed by atoms with Crippen molar-refractivity contribution in [3.05, 3.63) is 41.2 Å². The predicted octanol–water partition coefficient (Wildman–Crippen LogP) is 5.34. The fourth-order valence-corrected chi connectivity index (χ4v) is 4.25. The number of pyridine rings is 2. The van der Waals surface area contributed by atoms with Crippen molar-refractivity contribution in [2.75, 3.05) is 33.4 Å². The summed E-state index contributed by atoms with van der Waals surface area (Å²) >= 11 is 0. The monoisotopic (exact) mass is 431 g/mol. The van der Waals surface area contributed by atoms with Crippen LogP contribution in [0.15, 0.2) is 24.3 Å². The quantitative estimate of drug-likeness (QED) is 0.636. The van der Waals surface area contributed by atoms with E-state index in [0.29, 0.717) is 36.8 Å². The molecule has 0 amide bonds.